The van der Waals surface area contributed by atoms with E-state index in [0.717, 1.165) is 6.07 Å². The van der Waals surface area contributed by atoms with E-state index in [1.165, 1.54) is 36.7 Å². The number of carbonyl (C=O) groups is 2. The zero-order chi connectivity index (χ0) is 26.0. The van der Waals surface area contributed by atoms with Gasteiger partial charge in [0.2, 0.25) is 5.91 Å². The molecule has 2 amide bonds. The Labute approximate surface area is 206 Å². The lowest BCUT2D eigenvalue weighted by atomic mass is 9.84. The number of carbonyl (C=O) groups excluding carboxylic acids is 2. The summed E-state index contributed by atoms with van der Waals surface area (Å²) in [6, 6.07) is 3.91. The van der Waals surface area contributed by atoms with Crippen LogP contribution in [0, 0.1) is 18.2 Å². The van der Waals surface area contributed by atoms with Crippen LogP contribution in [0.2, 0.25) is 0 Å². The van der Waals surface area contributed by atoms with Crippen LogP contribution in [-0.2, 0) is 11.2 Å². The second kappa shape index (κ2) is 10.6. The molecule has 1 aliphatic carbocycles. The van der Waals surface area contributed by atoms with E-state index in [2.05, 4.69) is 15.6 Å². The molecule has 0 radical (unpaired) electrons. The van der Waals surface area contributed by atoms with Crippen molar-refractivity contribution < 1.29 is 27.2 Å². The van der Waals surface area contributed by atoms with Gasteiger partial charge >= 0.3 is 6.18 Å². The number of nitrogens with zero attached hydrogens (tertiary/aromatic N) is 2. The summed E-state index contributed by atoms with van der Waals surface area (Å²) in [5.41, 5.74) is -1.32. The van der Waals surface area contributed by atoms with Crippen molar-refractivity contribution in [3.8, 4) is 0 Å². The van der Waals surface area contributed by atoms with Crippen molar-refractivity contribution in [1.29, 1.82) is 0 Å². The summed E-state index contributed by atoms with van der Waals surface area (Å²) < 4.78 is 56.2. The number of aryl methyl sites for hydroxylation is 1. The van der Waals surface area contributed by atoms with Crippen molar-refractivity contribution >= 4 is 23.2 Å². The van der Waals surface area contributed by atoms with Gasteiger partial charge in [-0.1, -0.05) is 6.07 Å². The maximum Gasteiger partial charge on any atom is 0.395 e. The van der Waals surface area contributed by atoms with Gasteiger partial charge in [-0.05, 0) is 58.0 Å². The van der Waals surface area contributed by atoms with E-state index in [1.54, 1.807) is 21.0 Å². The number of amides is 2. The predicted octanol–water partition coefficient (Wildman–Crippen LogP) is 4.06. The SMILES string of the molecule is CNC(=O)c1ccc(CC(CNC(=O)CC(c2cnc(C)s2)C2(C(F)(F)F)CC2)N(C)C)c(F)c1. The first-order valence-electron chi connectivity index (χ1n) is 11.3. The van der Waals surface area contributed by atoms with Gasteiger partial charge in [0.15, 0.2) is 0 Å². The molecule has 2 unspecified atom stereocenters. The number of aromatic nitrogens is 1. The topological polar surface area (TPSA) is 74.3 Å². The summed E-state index contributed by atoms with van der Waals surface area (Å²) in [7, 11) is 5.01. The number of benzene rings is 1. The Morgan fingerprint density at radius 2 is 1.94 bits per heavy atom. The largest absolute Gasteiger partial charge is 0.395 e. The average Bonchev–Trinajstić information content (AvgIpc) is 3.50. The lowest BCUT2D eigenvalue weighted by Gasteiger charge is -2.29. The number of hydrogen-bond acceptors (Lipinski definition) is 5. The fourth-order valence-corrected chi connectivity index (χ4v) is 5.25. The van der Waals surface area contributed by atoms with Crippen LogP contribution in [0.3, 0.4) is 0 Å². The van der Waals surface area contributed by atoms with Gasteiger partial charge in [-0.3, -0.25) is 9.59 Å². The number of hydrogen-bond donors (Lipinski definition) is 2. The number of likely N-dealkylation sites (N-methyl/N-ethyl adjacent to an activating group) is 1. The van der Waals surface area contributed by atoms with Gasteiger partial charge in [0.25, 0.3) is 5.91 Å². The van der Waals surface area contributed by atoms with Gasteiger partial charge in [0.1, 0.15) is 5.82 Å². The van der Waals surface area contributed by atoms with Gasteiger partial charge < -0.3 is 15.5 Å². The molecule has 1 aromatic heterocycles. The van der Waals surface area contributed by atoms with Gasteiger partial charge in [0.05, 0.1) is 10.4 Å². The fraction of sp³-hybridized carbons (Fsp3) is 0.542. The summed E-state index contributed by atoms with van der Waals surface area (Å²) in [6.45, 7) is 1.86. The van der Waals surface area contributed by atoms with E-state index in [9.17, 15) is 27.2 Å². The molecule has 2 aromatic rings. The smallest absolute Gasteiger partial charge is 0.355 e. The monoisotopic (exact) mass is 514 g/mol. The van der Waals surface area contributed by atoms with Crippen molar-refractivity contribution in [2.45, 2.75) is 50.7 Å². The summed E-state index contributed by atoms with van der Waals surface area (Å²) in [5.74, 6) is -2.41. The van der Waals surface area contributed by atoms with E-state index in [-0.39, 0.29) is 43.8 Å². The normalized spacial score (nSPS) is 16.6. The van der Waals surface area contributed by atoms with Gasteiger partial charge in [-0.2, -0.15) is 13.2 Å². The summed E-state index contributed by atoms with van der Waals surface area (Å²) in [6.07, 6.45) is -3.01. The molecule has 0 bridgehead atoms. The van der Waals surface area contributed by atoms with Gasteiger partial charge in [-0.15, -0.1) is 11.3 Å². The van der Waals surface area contributed by atoms with Gasteiger partial charge in [0, 0.05) is 48.6 Å². The number of halogens is 4. The molecule has 0 saturated heterocycles. The highest BCUT2D eigenvalue weighted by molar-refractivity contribution is 7.11. The van der Waals surface area contributed by atoms with Crippen LogP contribution in [-0.4, -0.2) is 61.6 Å². The van der Waals surface area contributed by atoms with Crippen LogP contribution < -0.4 is 10.6 Å². The standard InChI is InChI=1S/C24H30F4N4O2S/c1-14-30-13-20(35-14)18(23(7-8-23)24(26,27)28)11-21(33)31-12-17(32(3)4)9-15-5-6-16(10-19(15)25)22(34)29-2/h5-6,10,13,17-18H,7-9,11-12H2,1-4H3,(H,29,34)(H,31,33). The molecule has 1 saturated carbocycles. The third-order valence-corrected chi connectivity index (χ3v) is 7.68. The lowest BCUT2D eigenvalue weighted by Crippen LogP contribution is -2.42. The highest BCUT2D eigenvalue weighted by atomic mass is 32.1. The molecule has 1 aromatic carbocycles. The molecule has 192 valence electrons. The van der Waals surface area contributed by atoms with Crippen LogP contribution in [0.5, 0.6) is 0 Å². The van der Waals surface area contributed by atoms with E-state index in [1.807, 2.05) is 4.90 Å². The Morgan fingerprint density at radius 1 is 1.26 bits per heavy atom. The molecular weight excluding hydrogens is 484 g/mol. The molecule has 0 aliphatic heterocycles. The molecule has 1 heterocycles. The molecule has 0 spiro atoms. The zero-order valence-corrected chi connectivity index (χ0v) is 20.9. The van der Waals surface area contributed by atoms with Crippen LogP contribution in [0.25, 0.3) is 0 Å². The van der Waals surface area contributed by atoms with Crippen molar-refractivity contribution in [2.24, 2.45) is 5.41 Å². The number of alkyl halides is 3. The number of rotatable bonds is 10. The van der Waals surface area contributed by atoms with E-state index >= 15 is 0 Å². The Kier molecular flexibility index (Phi) is 8.21. The van der Waals surface area contributed by atoms with Crippen molar-refractivity contribution in [2.75, 3.05) is 27.7 Å². The number of nitrogens with one attached hydrogen (secondary N) is 2. The molecule has 6 nitrogen and oxygen atoms in total. The highest BCUT2D eigenvalue weighted by Gasteiger charge is 2.67. The van der Waals surface area contributed by atoms with E-state index in [0.29, 0.717) is 15.4 Å². The highest BCUT2D eigenvalue weighted by Crippen LogP contribution is 2.66. The van der Waals surface area contributed by atoms with E-state index in [4.69, 9.17) is 0 Å². The molecule has 11 heteroatoms. The molecular formula is C24H30F4N4O2S. The van der Waals surface area contributed by atoms with Gasteiger partial charge in [-0.25, -0.2) is 9.37 Å². The first kappa shape index (κ1) is 27.1. The maximum atomic E-state index is 14.6. The first-order valence-corrected chi connectivity index (χ1v) is 12.1. The van der Waals surface area contributed by atoms with Crippen LogP contribution in [0.1, 0.15) is 51.0 Å². The van der Waals surface area contributed by atoms with Crippen molar-refractivity contribution in [3.63, 3.8) is 0 Å². The van der Waals surface area contributed by atoms with Crippen LogP contribution in [0.4, 0.5) is 17.6 Å². The molecule has 3 rings (SSSR count). The molecule has 2 N–H and O–H groups in total. The Hall–Kier alpha value is -2.53. The minimum atomic E-state index is -4.40. The molecule has 2 atom stereocenters. The van der Waals surface area contributed by atoms with Crippen LogP contribution in [0.15, 0.2) is 24.4 Å². The zero-order valence-electron chi connectivity index (χ0n) is 20.1. The van der Waals surface area contributed by atoms with Crippen molar-refractivity contribution in [3.05, 3.63) is 51.2 Å². The summed E-state index contributed by atoms with van der Waals surface area (Å²) >= 11 is 1.19. The third kappa shape index (κ3) is 6.19. The number of thiazole rings is 1. The van der Waals surface area contributed by atoms with Crippen molar-refractivity contribution in [1.82, 2.24) is 20.5 Å². The summed E-state index contributed by atoms with van der Waals surface area (Å²) in [5, 5.41) is 5.84. The quantitative estimate of drug-likeness (QED) is 0.469. The first-order chi connectivity index (χ1) is 16.4. The average molecular weight is 515 g/mol. The third-order valence-electron chi connectivity index (χ3n) is 6.66. The lowest BCUT2D eigenvalue weighted by molar-refractivity contribution is -0.194. The predicted molar refractivity (Wildman–Crippen MR) is 126 cm³/mol. The molecule has 1 aliphatic rings. The second-order valence-electron chi connectivity index (χ2n) is 9.20. The second-order valence-corrected chi connectivity index (χ2v) is 10.5. The summed E-state index contributed by atoms with van der Waals surface area (Å²) in [4.78, 5) is 30.9. The Balaban J connectivity index is 1.68. The Morgan fingerprint density at radius 3 is 2.43 bits per heavy atom. The minimum Gasteiger partial charge on any atom is -0.355 e. The molecule has 1 fully saturated rings. The maximum absolute atomic E-state index is 14.6. The fourth-order valence-electron chi connectivity index (χ4n) is 4.25. The Bertz CT molecular complexity index is 1070. The molecule has 35 heavy (non-hydrogen) atoms. The minimum absolute atomic E-state index is 0.00293. The van der Waals surface area contributed by atoms with E-state index < -0.39 is 35.1 Å². The van der Waals surface area contributed by atoms with Crippen LogP contribution >= 0.6 is 11.3 Å².